The second-order valence-electron chi connectivity index (χ2n) is 3.35. The Hall–Kier alpha value is -1.68. The van der Waals surface area contributed by atoms with E-state index in [1.54, 1.807) is 0 Å². The van der Waals surface area contributed by atoms with Gasteiger partial charge in [-0.15, -0.1) is 0 Å². The van der Waals surface area contributed by atoms with Crippen molar-refractivity contribution in [3.8, 4) is 0 Å². The lowest BCUT2D eigenvalue weighted by Gasteiger charge is -2.09. The van der Waals surface area contributed by atoms with E-state index in [1.165, 1.54) is 6.92 Å². The van der Waals surface area contributed by atoms with Crippen LogP contribution in [-0.2, 0) is 28.7 Å². The third-order valence-corrected chi connectivity index (χ3v) is 2.75. The number of carboxylic acids is 1. The van der Waals surface area contributed by atoms with E-state index < -0.39 is 46.2 Å². The van der Waals surface area contributed by atoms with E-state index in [9.17, 15) is 22.8 Å². The first-order chi connectivity index (χ1) is 8.14. The summed E-state index contributed by atoms with van der Waals surface area (Å²) in [5.41, 5.74) is 5.11. The largest absolute Gasteiger partial charge is 0.481 e. The molecule has 104 valence electrons. The predicted octanol–water partition coefficient (Wildman–Crippen LogP) is -2.20. The minimum absolute atomic E-state index is 0.223. The normalized spacial score (nSPS) is 12.6. The number of carbonyl (C=O) groups excluding carboxylic acids is 2. The second kappa shape index (κ2) is 6.91. The van der Waals surface area contributed by atoms with Crippen molar-refractivity contribution in [2.45, 2.75) is 19.4 Å². The van der Waals surface area contributed by atoms with Crippen molar-refractivity contribution in [3.05, 3.63) is 0 Å². The van der Waals surface area contributed by atoms with E-state index in [-0.39, 0.29) is 6.54 Å². The van der Waals surface area contributed by atoms with Crippen LogP contribution in [0.4, 0.5) is 0 Å². The summed E-state index contributed by atoms with van der Waals surface area (Å²) in [6, 6.07) is -1.56. The van der Waals surface area contributed by atoms with Gasteiger partial charge in [-0.2, -0.15) is 8.42 Å². The highest BCUT2D eigenvalue weighted by Crippen LogP contribution is 1.99. The zero-order valence-corrected chi connectivity index (χ0v) is 10.4. The Kier molecular flexibility index (Phi) is 6.27. The molecular weight excluding hydrogens is 268 g/mol. The number of nitrogens with one attached hydrogen (secondary N) is 1. The highest BCUT2D eigenvalue weighted by atomic mass is 32.2. The maximum atomic E-state index is 11.2. The molecule has 4 N–H and O–H groups in total. The summed E-state index contributed by atoms with van der Waals surface area (Å²) in [5, 5.41) is 10.6. The van der Waals surface area contributed by atoms with Crippen LogP contribution in [0.2, 0.25) is 0 Å². The first-order valence-corrected chi connectivity index (χ1v) is 6.39. The summed E-state index contributed by atoms with van der Waals surface area (Å²) in [5.74, 6) is -3.74. The lowest BCUT2D eigenvalue weighted by Crippen LogP contribution is -2.37. The summed E-state index contributed by atoms with van der Waals surface area (Å²) >= 11 is 0. The van der Waals surface area contributed by atoms with E-state index in [4.69, 9.17) is 10.8 Å². The molecule has 1 amide bonds. The van der Waals surface area contributed by atoms with Gasteiger partial charge in [0.15, 0.2) is 0 Å². The van der Waals surface area contributed by atoms with Crippen molar-refractivity contribution < 1.29 is 32.1 Å². The number of carbonyl (C=O) groups is 3. The van der Waals surface area contributed by atoms with Crippen LogP contribution in [0.25, 0.3) is 0 Å². The molecule has 0 rings (SSSR count). The molecule has 0 bridgehead atoms. The minimum atomic E-state index is -4.19. The van der Waals surface area contributed by atoms with Crippen LogP contribution in [0.15, 0.2) is 0 Å². The van der Waals surface area contributed by atoms with Crippen LogP contribution in [0.3, 0.4) is 0 Å². The second-order valence-corrected chi connectivity index (χ2v) is 5.04. The van der Waals surface area contributed by atoms with Crippen LogP contribution in [0.1, 0.15) is 13.3 Å². The molecule has 0 aromatic heterocycles. The minimum Gasteiger partial charge on any atom is -0.481 e. The average Bonchev–Trinajstić information content (AvgIpc) is 2.14. The molecule has 1 atom stereocenters. The van der Waals surface area contributed by atoms with E-state index in [2.05, 4.69) is 9.50 Å². The third kappa shape index (κ3) is 7.57. The number of nitrogens with two attached hydrogens (primary N) is 1. The lowest BCUT2D eigenvalue weighted by atomic mass is 10.2. The molecule has 0 saturated carbocycles. The standard InChI is InChI=1S/C8H14N2O7S/c1-5(11)10-2-3-18(15,16)17-8(14)6(9)4-7(12)13/h6H,2-4,9H2,1H3,(H,10,11)(H,12,13)/t6-/m0/s1. The number of hydrogen-bond acceptors (Lipinski definition) is 7. The summed E-state index contributed by atoms with van der Waals surface area (Å²) in [6.45, 7) is 0.973. The molecule has 10 heteroatoms. The molecule has 18 heavy (non-hydrogen) atoms. The Morgan fingerprint density at radius 2 is 1.94 bits per heavy atom. The zero-order chi connectivity index (χ0) is 14.3. The van der Waals surface area contributed by atoms with E-state index in [0.717, 1.165) is 0 Å². The molecule has 0 unspecified atom stereocenters. The molecule has 0 aromatic rings. The van der Waals surface area contributed by atoms with Crippen molar-refractivity contribution in [2.75, 3.05) is 12.3 Å². The van der Waals surface area contributed by atoms with Gasteiger partial charge in [0.2, 0.25) is 5.91 Å². The highest BCUT2D eigenvalue weighted by molar-refractivity contribution is 7.87. The fraction of sp³-hybridized carbons (Fsp3) is 0.625. The fourth-order valence-electron chi connectivity index (χ4n) is 0.852. The first-order valence-electron chi connectivity index (χ1n) is 4.82. The summed E-state index contributed by atoms with van der Waals surface area (Å²) in [6.07, 6.45) is -0.736. The molecule has 0 fully saturated rings. The van der Waals surface area contributed by atoms with E-state index in [0.29, 0.717) is 0 Å². The first kappa shape index (κ1) is 16.3. The Morgan fingerprint density at radius 1 is 1.39 bits per heavy atom. The topological polar surface area (TPSA) is 153 Å². The van der Waals surface area contributed by atoms with Crippen LogP contribution in [-0.4, -0.2) is 49.7 Å². The van der Waals surface area contributed by atoms with Crippen molar-refractivity contribution in [1.82, 2.24) is 5.32 Å². The molecule has 0 spiro atoms. The average molecular weight is 282 g/mol. The molecule has 0 heterocycles. The van der Waals surface area contributed by atoms with Crippen LogP contribution in [0.5, 0.6) is 0 Å². The number of carboxylic acid groups (broad SMARTS) is 1. The van der Waals surface area contributed by atoms with Gasteiger partial charge in [0, 0.05) is 13.5 Å². The van der Waals surface area contributed by atoms with Gasteiger partial charge in [0.1, 0.15) is 11.8 Å². The smallest absolute Gasteiger partial charge is 0.339 e. The Morgan fingerprint density at radius 3 is 2.39 bits per heavy atom. The number of rotatable bonds is 7. The predicted molar refractivity (Wildman–Crippen MR) is 58.8 cm³/mol. The van der Waals surface area contributed by atoms with Crippen molar-refractivity contribution in [1.29, 1.82) is 0 Å². The van der Waals surface area contributed by atoms with Gasteiger partial charge in [-0.25, -0.2) is 4.79 Å². The number of hydrogen-bond donors (Lipinski definition) is 3. The number of aliphatic carboxylic acids is 1. The van der Waals surface area contributed by atoms with Gasteiger partial charge in [-0.3, -0.25) is 9.59 Å². The molecule has 0 aromatic carbocycles. The lowest BCUT2D eigenvalue weighted by molar-refractivity contribution is -0.143. The molecular formula is C8H14N2O7S. The SMILES string of the molecule is CC(=O)NCCS(=O)(=O)OC(=O)[C@@H](N)CC(=O)O. The third-order valence-electron chi connectivity index (χ3n) is 1.63. The summed E-state index contributed by atoms with van der Waals surface area (Å²) in [4.78, 5) is 31.8. The highest BCUT2D eigenvalue weighted by Gasteiger charge is 2.24. The van der Waals surface area contributed by atoms with Crippen LogP contribution >= 0.6 is 0 Å². The van der Waals surface area contributed by atoms with Gasteiger partial charge in [0.25, 0.3) is 0 Å². The van der Waals surface area contributed by atoms with Crippen molar-refractivity contribution in [2.24, 2.45) is 5.73 Å². The maximum Gasteiger partial charge on any atom is 0.339 e. The van der Waals surface area contributed by atoms with Crippen LogP contribution < -0.4 is 11.1 Å². The summed E-state index contributed by atoms with van der Waals surface area (Å²) in [7, 11) is -4.19. The Bertz CT molecular complexity index is 431. The van der Waals surface area contributed by atoms with Gasteiger partial charge in [0.05, 0.1) is 6.42 Å². The summed E-state index contributed by atoms with van der Waals surface area (Å²) < 4.78 is 26.5. The number of amides is 1. The van der Waals surface area contributed by atoms with Gasteiger partial charge in [-0.05, 0) is 0 Å². The maximum absolute atomic E-state index is 11.2. The van der Waals surface area contributed by atoms with E-state index >= 15 is 0 Å². The van der Waals surface area contributed by atoms with Gasteiger partial charge < -0.3 is 20.3 Å². The van der Waals surface area contributed by atoms with E-state index in [1.807, 2.05) is 0 Å². The molecule has 0 aliphatic heterocycles. The Balaban J connectivity index is 4.27. The fourth-order valence-corrected chi connectivity index (χ4v) is 1.66. The molecule has 0 aliphatic rings. The zero-order valence-electron chi connectivity index (χ0n) is 9.58. The van der Waals surface area contributed by atoms with Crippen molar-refractivity contribution >= 4 is 28.0 Å². The molecule has 9 nitrogen and oxygen atoms in total. The monoisotopic (exact) mass is 282 g/mol. The Labute approximate surface area is 103 Å². The quantitative estimate of drug-likeness (QED) is 0.444. The van der Waals surface area contributed by atoms with Crippen LogP contribution in [0, 0.1) is 0 Å². The molecule has 0 aliphatic carbocycles. The van der Waals surface area contributed by atoms with Gasteiger partial charge in [-0.1, -0.05) is 0 Å². The molecule has 0 saturated heterocycles. The molecule has 0 radical (unpaired) electrons. The van der Waals surface area contributed by atoms with Crippen molar-refractivity contribution in [3.63, 3.8) is 0 Å². The van der Waals surface area contributed by atoms with Gasteiger partial charge >= 0.3 is 22.1 Å².